The van der Waals surface area contributed by atoms with E-state index in [-0.39, 0.29) is 31.1 Å². The first-order valence-corrected chi connectivity index (χ1v) is 35.4. The van der Waals surface area contributed by atoms with Crippen molar-refractivity contribution in [2.24, 2.45) is 0 Å². The predicted molar refractivity (Wildman–Crippen MR) is 362 cm³/mol. The van der Waals surface area contributed by atoms with Crippen LogP contribution in [0, 0.1) is 0 Å². The molecule has 0 saturated carbocycles. The predicted octanol–water partition coefficient (Wildman–Crippen LogP) is 24.6. The Hall–Kier alpha value is -3.93. The summed E-state index contributed by atoms with van der Waals surface area (Å²) in [5.74, 6) is -0.880. The number of hydrogen-bond acceptors (Lipinski definition) is 6. The minimum absolute atomic E-state index is 0.0798. The van der Waals surface area contributed by atoms with Crippen LogP contribution in [0.15, 0.2) is 109 Å². The molecule has 476 valence electrons. The lowest BCUT2D eigenvalue weighted by atomic mass is 10.0. The lowest BCUT2D eigenvalue weighted by Crippen LogP contribution is -2.30. The molecule has 0 saturated heterocycles. The molecule has 0 fully saturated rings. The van der Waals surface area contributed by atoms with Crippen molar-refractivity contribution in [3.63, 3.8) is 0 Å². The molecule has 0 aromatic rings. The van der Waals surface area contributed by atoms with Crippen LogP contribution in [0.5, 0.6) is 0 Å². The number of carbonyl (C=O) groups excluding carboxylic acids is 3. The number of unbranched alkanes of at least 4 members (excludes halogenated alkanes) is 35. The van der Waals surface area contributed by atoms with Crippen molar-refractivity contribution < 1.29 is 28.6 Å². The van der Waals surface area contributed by atoms with Gasteiger partial charge in [0.1, 0.15) is 13.2 Å². The molecule has 0 rings (SSSR count). The highest BCUT2D eigenvalue weighted by atomic mass is 16.6. The van der Waals surface area contributed by atoms with E-state index in [4.69, 9.17) is 14.2 Å². The number of rotatable bonds is 64. The molecule has 0 aromatic carbocycles. The topological polar surface area (TPSA) is 78.9 Å². The first-order valence-electron chi connectivity index (χ1n) is 35.4. The molecule has 0 radical (unpaired) electrons. The van der Waals surface area contributed by atoms with Crippen LogP contribution in [-0.4, -0.2) is 37.2 Å². The third-order valence-electron chi connectivity index (χ3n) is 15.3. The minimum atomic E-state index is -0.785. The standard InChI is InChI=1S/C77H132O6/c1-4-7-10-13-16-19-22-24-26-28-30-32-33-34-35-36-37-38-39-40-41-42-43-45-46-48-50-52-55-58-61-64-67-70-76(79)82-73-74(72-81-75(78)69-66-63-60-57-54-21-18-15-12-9-6-3)83-77(80)71-68-65-62-59-56-53-51-49-47-44-31-29-27-25-23-20-17-14-11-8-5-2/h7,10,16,19,23-26,29-32,34-35,37-38,47,49,74H,4-6,8-9,11-15,17-18,20-22,27-28,33,36,39-46,48,50-73H2,1-3H3/b10-7-,19-16-,25-23-,26-24-,31-29-,32-30-,35-34-,38-37-,49-47-. The SMILES string of the molecule is CC/C=C\C/C=C\C/C=C\C/C=C\C/C=C\C/C=C\CCCCCCCCCCCCCCCCC(=O)OCC(COC(=O)CCCCCCCCCCCCC)OC(=O)CCCCCCCC/C=C\C/C=C\C/C=C\CCCCCCC. The van der Waals surface area contributed by atoms with E-state index in [1.807, 2.05) is 0 Å². The molecule has 0 aliphatic heterocycles. The van der Waals surface area contributed by atoms with Crippen LogP contribution in [0.25, 0.3) is 0 Å². The van der Waals surface area contributed by atoms with Crippen LogP contribution in [0.3, 0.4) is 0 Å². The summed E-state index contributed by atoms with van der Waals surface area (Å²) in [6.45, 7) is 6.53. The highest BCUT2D eigenvalue weighted by molar-refractivity contribution is 5.71. The van der Waals surface area contributed by atoms with E-state index in [9.17, 15) is 14.4 Å². The maximum absolute atomic E-state index is 12.9. The molecule has 0 N–H and O–H groups in total. The van der Waals surface area contributed by atoms with Crippen molar-refractivity contribution in [2.45, 2.75) is 348 Å². The van der Waals surface area contributed by atoms with Crippen molar-refractivity contribution in [1.29, 1.82) is 0 Å². The Balaban J connectivity index is 4.21. The second kappa shape index (κ2) is 70.6. The molecule has 1 atom stereocenters. The number of ether oxygens (including phenoxy) is 3. The summed E-state index contributed by atoms with van der Waals surface area (Å²) in [5, 5.41) is 0. The molecule has 0 aromatic heterocycles. The second-order valence-electron chi connectivity index (χ2n) is 23.4. The van der Waals surface area contributed by atoms with E-state index in [0.29, 0.717) is 19.3 Å². The van der Waals surface area contributed by atoms with Crippen LogP contribution >= 0.6 is 0 Å². The van der Waals surface area contributed by atoms with E-state index in [1.54, 1.807) is 0 Å². The molecular weight excluding hydrogens is 1020 g/mol. The Labute approximate surface area is 514 Å². The Kier molecular flexibility index (Phi) is 67.2. The summed E-state index contributed by atoms with van der Waals surface area (Å²) in [6.07, 6.45) is 96.9. The summed E-state index contributed by atoms with van der Waals surface area (Å²) < 4.78 is 16.9. The van der Waals surface area contributed by atoms with E-state index >= 15 is 0 Å². The Morgan fingerprint density at radius 3 is 0.735 bits per heavy atom. The van der Waals surface area contributed by atoms with Gasteiger partial charge in [-0.05, 0) is 109 Å². The summed E-state index contributed by atoms with van der Waals surface area (Å²) in [5.41, 5.74) is 0. The second-order valence-corrected chi connectivity index (χ2v) is 23.4. The van der Waals surface area contributed by atoms with E-state index in [1.165, 1.54) is 180 Å². The fourth-order valence-corrected chi connectivity index (χ4v) is 9.99. The summed E-state index contributed by atoms with van der Waals surface area (Å²) >= 11 is 0. The molecule has 83 heavy (non-hydrogen) atoms. The number of hydrogen-bond donors (Lipinski definition) is 0. The molecule has 6 heteroatoms. The number of esters is 3. The van der Waals surface area contributed by atoms with Gasteiger partial charge < -0.3 is 14.2 Å². The van der Waals surface area contributed by atoms with Gasteiger partial charge in [0.15, 0.2) is 6.10 Å². The number of allylic oxidation sites excluding steroid dienone is 18. The van der Waals surface area contributed by atoms with Gasteiger partial charge in [-0.3, -0.25) is 14.4 Å². The first-order chi connectivity index (χ1) is 41.0. The Morgan fingerprint density at radius 1 is 0.253 bits per heavy atom. The maximum Gasteiger partial charge on any atom is 0.306 e. The molecule has 0 aliphatic rings. The molecule has 0 heterocycles. The van der Waals surface area contributed by atoms with Crippen molar-refractivity contribution in [3.8, 4) is 0 Å². The number of carbonyl (C=O) groups is 3. The van der Waals surface area contributed by atoms with E-state index in [2.05, 4.69) is 130 Å². The van der Waals surface area contributed by atoms with Gasteiger partial charge in [0.25, 0.3) is 0 Å². The van der Waals surface area contributed by atoms with Gasteiger partial charge in [-0.25, -0.2) is 0 Å². The molecule has 0 amide bonds. The van der Waals surface area contributed by atoms with Gasteiger partial charge in [0.05, 0.1) is 0 Å². The maximum atomic E-state index is 12.9. The quantitative estimate of drug-likeness (QED) is 0.0261. The average Bonchev–Trinajstić information content (AvgIpc) is 3.48. The largest absolute Gasteiger partial charge is 0.462 e. The lowest BCUT2D eigenvalue weighted by Gasteiger charge is -2.18. The zero-order valence-electron chi connectivity index (χ0n) is 54.7. The minimum Gasteiger partial charge on any atom is -0.462 e. The van der Waals surface area contributed by atoms with E-state index in [0.717, 1.165) is 122 Å². The van der Waals surface area contributed by atoms with E-state index < -0.39 is 6.10 Å². The molecule has 6 nitrogen and oxygen atoms in total. The molecule has 0 spiro atoms. The van der Waals surface area contributed by atoms with Crippen LogP contribution in [-0.2, 0) is 28.6 Å². The van der Waals surface area contributed by atoms with Crippen molar-refractivity contribution in [2.75, 3.05) is 13.2 Å². The summed E-state index contributed by atoms with van der Waals surface area (Å²) in [7, 11) is 0. The van der Waals surface area contributed by atoms with Gasteiger partial charge in [-0.15, -0.1) is 0 Å². The van der Waals surface area contributed by atoms with Gasteiger partial charge in [0.2, 0.25) is 0 Å². The highest BCUT2D eigenvalue weighted by Gasteiger charge is 2.19. The van der Waals surface area contributed by atoms with Crippen LogP contribution in [0.1, 0.15) is 342 Å². The fraction of sp³-hybridized carbons (Fsp3) is 0.727. The average molecular weight is 1150 g/mol. The van der Waals surface area contributed by atoms with Crippen molar-refractivity contribution >= 4 is 17.9 Å². The summed E-state index contributed by atoms with van der Waals surface area (Å²) in [6, 6.07) is 0. The van der Waals surface area contributed by atoms with Gasteiger partial charge >= 0.3 is 17.9 Å². The first kappa shape index (κ1) is 79.1. The Bertz CT molecular complexity index is 1660. The normalized spacial score (nSPS) is 12.8. The van der Waals surface area contributed by atoms with Gasteiger partial charge in [-0.1, -0.05) is 323 Å². The Morgan fingerprint density at radius 2 is 0.470 bits per heavy atom. The van der Waals surface area contributed by atoms with Gasteiger partial charge in [-0.2, -0.15) is 0 Å². The molecule has 0 aliphatic carbocycles. The molecule has 1 unspecified atom stereocenters. The van der Waals surface area contributed by atoms with Crippen LogP contribution in [0.2, 0.25) is 0 Å². The monoisotopic (exact) mass is 1150 g/mol. The summed E-state index contributed by atoms with van der Waals surface area (Å²) in [4.78, 5) is 38.4. The van der Waals surface area contributed by atoms with Crippen molar-refractivity contribution in [3.05, 3.63) is 109 Å². The fourth-order valence-electron chi connectivity index (χ4n) is 9.99. The smallest absolute Gasteiger partial charge is 0.306 e. The van der Waals surface area contributed by atoms with Crippen LogP contribution < -0.4 is 0 Å². The highest BCUT2D eigenvalue weighted by Crippen LogP contribution is 2.17. The molecule has 0 bridgehead atoms. The zero-order valence-corrected chi connectivity index (χ0v) is 54.7. The van der Waals surface area contributed by atoms with Crippen LogP contribution in [0.4, 0.5) is 0 Å². The third-order valence-corrected chi connectivity index (χ3v) is 15.3. The lowest BCUT2D eigenvalue weighted by molar-refractivity contribution is -0.167. The van der Waals surface area contributed by atoms with Gasteiger partial charge in [0, 0.05) is 19.3 Å². The third kappa shape index (κ3) is 68.7. The molecular formula is C77H132O6. The zero-order chi connectivity index (χ0) is 59.9. The van der Waals surface area contributed by atoms with Crippen molar-refractivity contribution in [1.82, 2.24) is 0 Å².